The summed E-state index contributed by atoms with van der Waals surface area (Å²) >= 11 is 0. The van der Waals surface area contributed by atoms with E-state index in [1.54, 1.807) is 6.92 Å². The van der Waals surface area contributed by atoms with Crippen LogP contribution in [0.1, 0.15) is 28.4 Å². The molecular weight excluding hydrogens is 162 g/mol. The normalized spacial score (nSPS) is 10.1. The monoisotopic (exact) mass is 177 g/mol. The summed E-state index contributed by atoms with van der Waals surface area (Å²) in [6.45, 7) is 4.47. The molecule has 0 heterocycles. The standard InChI is InChI=1S/C11H15NO/c1-8-6-10(9(2)13)4-5-11(8)7-12-3/h4-6,12H,7H2,1-3H3. The van der Waals surface area contributed by atoms with E-state index in [1.807, 2.05) is 32.2 Å². The first-order chi connectivity index (χ1) is 6.15. The SMILES string of the molecule is CNCc1ccc(C(C)=O)cc1C. The molecule has 0 atom stereocenters. The molecule has 70 valence electrons. The van der Waals surface area contributed by atoms with Crippen molar-refractivity contribution in [1.82, 2.24) is 5.32 Å². The zero-order valence-corrected chi connectivity index (χ0v) is 8.35. The third-order valence-corrected chi connectivity index (χ3v) is 2.12. The fourth-order valence-electron chi connectivity index (χ4n) is 1.30. The van der Waals surface area contributed by atoms with Crippen LogP contribution in [0, 0.1) is 6.92 Å². The lowest BCUT2D eigenvalue weighted by molar-refractivity contribution is 0.101. The highest BCUT2D eigenvalue weighted by Crippen LogP contribution is 2.11. The van der Waals surface area contributed by atoms with Gasteiger partial charge in [-0.2, -0.15) is 0 Å². The van der Waals surface area contributed by atoms with Crippen molar-refractivity contribution >= 4 is 5.78 Å². The molecular formula is C11H15NO. The summed E-state index contributed by atoms with van der Waals surface area (Å²) in [4.78, 5) is 11.1. The van der Waals surface area contributed by atoms with Gasteiger partial charge < -0.3 is 5.32 Å². The summed E-state index contributed by atoms with van der Waals surface area (Å²) in [5, 5.41) is 3.09. The van der Waals surface area contributed by atoms with E-state index >= 15 is 0 Å². The number of hydrogen-bond donors (Lipinski definition) is 1. The number of benzene rings is 1. The van der Waals surface area contributed by atoms with Gasteiger partial charge in [-0.15, -0.1) is 0 Å². The molecule has 2 nitrogen and oxygen atoms in total. The minimum Gasteiger partial charge on any atom is -0.316 e. The third-order valence-electron chi connectivity index (χ3n) is 2.12. The van der Waals surface area contributed by atoms with Crippen LogP contribution in [0.15, 0.2) is 18.2 Å². The van der Waals surface area contributed by atoms with Gasteiger partial charge in [-0.25, -0.2) is 0 Å². The van der Waals surface area contributed by atoms with Crippen LogP contribution >= 0.6 is 0 Å². The molecule has 0 spiro atoms. The predicted molar refractivity (Wildman–Crippen MR) is 53.9 cm³/mol. The van der Waals surface area contributed by atoms with E-state index in [9.17, 15) is 4.79 Å². The Hall–Kier alpha value is -1.15. The van der Waals surface area contributed by atoms with E-state index in [-0.39, 0.29) is 5.78 Å². The molecule has 1 N–H and O–H groups in total. The average Bonchev–Trinajstić information content (AvgIpc) is 2.08. The Balaban J connectivity index is 2.98. The maximum atomic E-state index is 11.1. The molecule has 1 aromatic rings. The van der Waals surface area contributed by atoms with E-state index in [4.69, 9.17) is 0 Å². The third kappa shape index (κ3) is 2.39. The molecule has 13 heavy (non-hydrogen) atoms. The Morgan fingerprint density at radius 3 is 2.62 bits per heavy atom. The Kier molecular flexibility index (Phi) is 3.20. The van der Waals surface area contributed by atoms with Gasteiger partial charge in [0.25, 0.3) is 0 Å². The highest BCUT2D eigenvalue weighted by molar-refractivity contribution is 5.94. The maximum Gasteiger partial charge on any atom is 0.159 e. The molecule has 1 rings (SSSR count). The molecule has 0 unspecified atom stereocenters. The first-order valence-electron chi connectivity index (χ1n) is 4.40. The summed E-state index contributed by atoms with van der Waals surface area (Å²) in [5.74, 6) is 0.124. The smallest absolute Gasteiger partial charge is 0.159 e. The van der Waals surface area contributed by atoms with E-state index in [2.05, 4.69) is 5.32 Å². The van der Waals surface area contributed by atoms with Crippen LogP contribution in [-0.4, -0.2) is 12.8 Å². The largest absolute Gasteiger partial charge is 0.316 e. The van der Waals surface area contributed by atoms with Crippen molar-refractivity contribution in [2.45, 2.75) is 20.4 Å². The number of Topliss-reactive ketones (excluding diaryl/α,β-unsaturated/α-hetero) is 1. The van der Waals surface area contributed by atoms with Gasteiger partial charge in [0.05, 0.1) is 0 Å². The van der Waals surface area contributed by atoms with Gasteiger partial charge in [-0.05, 0) is 38.1 Å². The van der Waals surface area contributed by atoms with E-state index in [0.29, 0.717) is 0 Å². The van der Waals surface area contributed by atoms with Crippen LogP contribution in [0.3, 0.4) is 0 Å². The Morgan fingerprint density at radius 2 is 2.15 bits per heavy atom. The summed E-state index contributed by atoms with van der Waals surface area (Å²) in [7, 11) is 1.92. The van der Waals surface area contributed by atoms with Crippen molar-refractivity contribution < 1.29 is 4.79 Å². The molecule has 0 radical (unpaired) electrons. The van der Waals surface area contributed by atoms with Crippen LogP contribution in [0.5, 0.6) is 0 Å². The van der Waals surface area contributed by atoms with Gasteiger partial charge in [0.15, 0.2) is 5.78 Å². The average molecular weight is 177 g/mol. The highest BCUT2D eigenvalue weighted by atomic mass is 16.1. The first-order valence-corrected chi connectivity index (χ1v) is 4.40. The fraction of sp³-hybridized carbons (Fsp3) is 0.364. The zero-order valence-electron chi connectivity index (χ0n) is 8.35. The number of rotatable bonds is 3. The van der Waals surface area contributed by atoms with Crippen molar-refractivity contribution in [3.05, 3.63) is 34.9 Å². The maximum absolute atomic E-state index is 11.1. The molecule has 0 aliphatic rings. The van der Waals surface area contributed by atoms with Crippen LogP contribution in [0.2, 0.25) is 0 Å². The number of nitrogens with one attached hydrogen (secondary N) is 1. The number of aryl methyl sites for hydroxylation is 1. The summed E-state index contributed by atoms with van der Waals surface area (Å²) in [5.41, 5.74) is 3.20. The van der Waals surface area contributed by atoms with Gasteiger partial charge in [0.1, 0.15) is 0 Å². The lowest BCUT2D eigenvalue weighted by Crippen LogP contribution is -2.07. The Labute approximate surface area is 79.0 Å². The van der Waals surface area contributed by atoms with Gasteiger partial charge in [0, 0.05) is 12.1 Å². The van der Waals surface area contributed by atoms with Crippen molar-refractivity contribution in [2.24, 2.45) is 0 Å². The molecule has 0 aliphatic carbocycles. The lowest BCUT2D eigenvalue weighted by Gasteiger charge is -2.05. The molecule has 2 heteroatoms. The van der Waals surface area contributed by atoms with Crippen molar-refractivity contribution in [1.29, 1.82) is 0 Å². The molecule has 0 fully saturated rings. The number of carbonyl (C=O) groups is 1. The van der Waals surface area contributed by atoms with E-state index in [1.165, 1.54) is 11.1 Å². The minimum atomic E-state index is 0.124. The first kappa shape index (κ1) is 9.93. The second-order valence-corrected chi connectivity index (χ2v) is 3.23. The summed E-state index contributed by atoms with van der Waals surface area (Å²) in [6.07, 6.45) is 0. The predicted octanol–water partition coefficient (Wildman–Crippen LogP) is 1.92. The van der Waals surface area contributed by atoms with Crippen LogP contribution in [-0.2, 0) is 6.54 Å². The topological polar surface area (TPSA) is 29.1 Å². The lowest BCUT2D eigenvalue weighted by atomic mass is 10.0. The van der Waals surface area contributed by atoms with Crippen LogP contribution in [0.25, 0.3) is 0 Å². The van der Waals surface area contributed by atoms with Gasteiger partial charge >= 0.3 is 0 Å². The molecule has 0 amide bonds. The summed E-state index contributed by atoms with van der Waals surface area (Å²) < 4.78 is 0. The minimum absolute atomic E-state index is 0.124. The van der Waals surface area contributed by atoms with E-state index in [0.717, 1.165) is 12.1 Å². The second kappa shape index (κ2) is 4.19. The summed E-state index contributed by atoms with van der Waals surface area (Å²) in [6, 6.07) is 5.82. The Bertz CT molecular complexity index is 318. The number of carbonyl (C=O) groups excluding carboxylic acids is 1. The van der Waals surface area contributed by atoms with Crippen molar-refractivity contribution in [3.8, 4) is 0 Å². The van der Waals surface area contributed by atoms with Gasteiger partial charge in [-0.1, -0.05) is 12.1 Å². The van der Waals surface area contributed by atoms with E-state index < -0.39 is 0 Å². The molecule has 1 aromatic carbocycles. The molecule has 0 saturated heterocycles. The fourth-order valence-corrected chi connectivity index (χ4v) is 1.30. The van der Waals surface area contributed by atoms with Crippen LogP contribution < -0.4 is 5.32 Å². The van der Waals surface area contributed by atoms with Crippen molar-refractivity contribution in [3.63, 3.8) is 0 Å². The van der Waals surface area contributed by atoms with Gasteiger partial charge in [-0.3, -0.25) is 4.79 Å². The van der Waals surface area contributed by atoms with Gasteiger partial charge in [0.2, 0.25) is 0 Å². The number of hydrogen-bond acceptors (Lipinski definition) is 2. The van der Waals surface area contributed by atoms with Crippen molar-refractivity contribution in [2.75, 3.05) is 7.05 Å². The molecule has 0 bridgehead atoms. The quantitative estimate of drug-likeness (QED) is 0.715. The molecule has 0 saturated carbocycles. The van der Waals surface area contributed by atoms with Crippen LogP contribution in [0.4, 0.5) is 0 Å². The second-order valence-electron chi connectivity index (χ2n) is 3.23. The highest BCUT2D eigenvalue weighted by Gasteiger charge is 2.02. The Morgan fingerprint density at radius 1 is 1.46 bits per heavy atom. The molecule has 0 aliphatic heterocycles. The zero-order chi connectivity index (χ0) is 9.84. The molecule has 0 aromatic heterocycles. The number of ketones is 1.